The van der Waals surface area contributed by atoms with Gasteiger partial charge in [-0.05, 0) is 61.5 Å². The fourth-order valence-electron chi connectivity index (χ4n) is 4.93. The predicted octanol–water partition coefficient (Wildman–Crippen LogP) is 5.77. The maximum Gasteiger partial charge on any atom is 0.323 e. The van der Waals surface area contributed by atoms with Crippen molar-refractivity contribution < 1.29 is 32.6 Å². The van der Waals surface area contributed by atoms with E-state index in [2.05, 4.69) is 10.6 Å². The number of nitrogens with zero attached hydrogens (tertiary/aromatic N) is 2. The first kappa shape index (κ1) is 35.6. The zero-order valence-corrected chi connectivity index (χ0v) is 28.7. The number of benzene rings is 3. The Kier molecular flexibility index (Phi) is 11.7. The van der Waals surface area contributed by atoms with Crippen LogP contribution >= 0.6 is 34.8 Å². The molecule has 11 nitrogen and oxygen atoms in total. The standard InChI is InChI=1S/C31H35Cl3N4O7S/c1-18-15-38(19(2)17-39)30(40)12-20-11-21(35-31(41)36-22-5-8-24(32)25(33)13-22)6-9-27(20)45-29(18)16-37(3)46(42,43)23-7-10-28(44-4)26(34)14-23/h5-11,13-14,18-19,29,39H,12,15-17H2,1-4H3,(H2,35,36,41)/t18-,19-,29-/m0/s1. The molecule has 0 aromatic heterocycles. The monoisotopic (exact) mass is 712 g/mol. The number of urea groups is 1. The van der Waals surface area contributed by atoms with E-state index in [0.29, 0.717) is 33.5 Å². The molecule has 0 radical (unpaired) electrons. The van der Waals surface area contributed by atoms with Crippen LogP contribution in [0.25, 0.3) is 0 Å². The van der Waals surface area contributed by atoms with Crippen molar-refractivity contribution in [1.82, 2.24) is 9.21 Å². The van der Waals surface area contributed by atoms with Gasteiger partial charge in [0, 0.05) is 36.4 Å². The Balaban J connectivity index is 1.62. The average Bonchev–Trinajstić information content (AvgIpc) is 3.05. The number of anilines is 2. The summed E-state index contributed by atoms with van der Waals surface area (Å²) < 4.78 is 39.8. The highest BCUT2D eigenvalue weighted by molar-refractivity contribution is 7.89. The molecule has 1 heterocycles. The number of hydrogen-bond donors (Lipinski definition) is 3. The molecule has 3 atom stereocenters. The minimum absolute atomic E-state index is 0.0162. The number of fused-ring (bicyclic) bond motifs is 1. The molecule has 0 saturated carbocycles. The van der Waals surface area contributed by atoms with E-state index in [0.717, 1.165) is 0 Å². The number of aliphatic hydroxyl groups is 1. The number of rotatable bonds is 9. The van der Waals surface area contributed by atoms with Gasteiger partial charge in [-0.25, -0.2) is 13.2 Å². The third-order valence-corrected chi connectivity index (χ3v) is 10.5. The Hall–Kier alpha value is -3.26. The smallest absolute Gasteiger partial charge is 0.323 e. The largest absolute Gasteiger partial charge is 0.495 e. The van der Waals surface area contributed by atoms with E-state index >= 15 is 0 Å². The van der Waals surface area contributed by atoms with Crippen molar-refractivity contribution in [2.24, 2.45) is 5.92 Å². The molecular formula is C31H35Cl3N4O7S. The zero-order valence-electron chi connectivity index (χ0n) is 25.6. The van der Waals surface area contributed by atoms with E-state index in [1.54, 1.807) is 42.2 Å². The number of amides is 3. The third-order valence-electron chi connectivity index (χ3n) is 7.62. The second-order valence-corrected chi connectivity index (χ2v) is 14.3. The van der Waals surface area contributed by atoms with Gasteiger partial charge in [0.2, 0.25) is 15.9 Å². The Bertz CT molecular complexity index is 1710. The van der Waals surface area contributed by atoms with Crippen LogP contribution in [0.1, 0.15) is 19.4 Å². The van der Waals surface area contributed by atoms with Gasteiger partial charge in [-0.3, -0.25) is 4.79 Å². The second-order valence-electron chi connectivity index (χ2n) is 11.0. The van der Waals surface area contributed by atoms with Crippen LogP contribution in [0.15, 0.2) is 59.5 Å². The van der Waals surface area contributed by atoms with Gasteiger partial charge in [0.25, 0.3) is 0 Å². The van der Waals surface area contributed by atoms with Crippen molar-refractivity contribution in [3.05, 3.63) is 75.2 Å². The number of sulfonamides is 1. The zero-order chi connectivity index (χ0) is 33.8. The van der Waals surface area contributed by atoms with E-state index < -0.39 is 28.2 Å². The molecule has 248 valence electrons. The molecule has 3 aromatic rings. The van der Waals surface area contributed by atoms with Crippen LogP contribution in [0.5, 0.6) is 11.5 Å². The highest BCUT2D eigenvalue weighted by atomic mass is 35.5. The number of methoxy groups -OCH3 is 1. The summed E-state index contributed by atoms with van der Waals surface area (Å²) in [5, 5.41) is 16.1. The molecule has 0 bridgehead atoms. The summed E-state index contributed by atoms with van der Waals surface area (Å²) in [6.07, 6.45) is -0.787. The first-order valence-corrected chi connectivity index (χ1v) is 16.8. The lowest BCUT2D eigenvalue weighted by atomic mass is 10.0. The molecule has 3 N–H and O–H groups in total. The van der Waals surface area contributed by atoms with Crippen LogP contribution in [-0.4, -0.2) is 80.7 Å². The number of carbonyl (C=O) groups excluding carboxylic acids is 2. The molecule has 15 heteroatoms. The number of hydrogen-bond acceptors (Lipinski definition) is 7. The molecule has 4 rings (SSSR count). The molecular weight excluding hydrogens is 679 g/mol. The quantitative estimate of drug-likeness (QED) is 0.256. The fourth-order valence-corrected chi connectivity index (χ4v) is 6.76. The molecule has 0 unspecified atom stereocenters. The second kappa shape index (κ2) is 15.1. The Morgan fingerprint density at radius 2 is 1.74 bits per heavy atom. The number of ether oxygens (including phenoxy) is 2. The highest BCUT2D eigenvalue weighted by Gasteiger charge is 2.33. The summed E-state index contributed by atoms with van der Waals surface area (Å²) in [5.41, 5.74) is 1.28. The molecule has 0 spiro atoms. The molecule has 1 aliphatic rings. The summed E-state index contributed by atoms with van der Waals surface area (Å²) in [6, 6.07) is 12.7. The van der Waals surface area contributed by atoms with Crippen molar-refractivity contribution in [2.75, 3.05) is 44.5 Å². The lowest BCUT2D eigenvalue weighted by Crippen LogP contribution is -2.48. The normalized spacial score (nSPS) is 17.7. The third kappa shape index (κ3) is 8.36. The van der Waals surface area contributed by atoms with Crippen LogP contribution < -0.4 is 20.1 Å². The Morgan fingerprint density at radius 1 is 1.07 bits per heavy atom. The first-order valence-electron chi connectivity index (χ1n) is 14.3. The van der Waals surface area contributed by atoms with E-state index in [1.807, 2.05) is 6.92 Å². The van der Waals surface area contributed by atoms with E-state index in [4.69, 9.17) is 44.3 Å². The van der Waals surface area contributed by atoms with Crippen LogP contribution in [0.4, 0.5) is 16.2 Å². The maximum atomic E-state index is 13.5. The summed E-state index contributed by atoms with van der Waals surface area (Å²) >= 11 is 18.2. The molecule has 3 aromatic carbocycles. The number of halogens is 3. The highest BCUT2D eigenvalue weighted by Crippen LogP contribution is 2.32. The van der Waals surface area contributed by atoms with Gasteiger partial charge in [0.15, 0.2) is 0 Å². The minimum Gasteiger partial charge on any atom is -0.495 e. The Labute approximate surface area is 283 Å². The fraction of sp³-hybridized carbons (Fsp3) is 0.355. The lowest BCUT2D eigenvalue weighted by Gasteiger charge is -2.34. The molecule has 46 heavy (non-hydrogen) atoms. The van der Waals surface area contributed by atoms with Crippen molar-refractivity contribution in [1.29, 1.82) is 0 Å². The average molecular weight is 714 g/mol. The van der Waals surface area contributed by atoms with Crippen LogP contribution in [0.2, 0.25) is 15.1 Å². The van der Waals surface area contributed by atoms with Crippen molar-refractivity contribution in [3.63, 3.8) is 0 Å². The van der Waals surface area contributed by atoms with Crippen molar-refractivity contribution in [3.8, 4) is 11.5 Å². The molecule has 0 fully saturated rings. The summed E-state index contributed by atoms with van der Waals surface area (Å²) in [6.45, 7) is 3.47. The number of nitrogens with one attached hydrogen (secondary N) is 2. The van der Waals surface area contributed by atoms with Crippen LogP contribution in [-0.2, 0) is 21.2 Å². The molecule has 1 aliphatic heterocycles. The topological polar surface area (TPSA) is 138 Å². The molecule has 0 aliphatic carbocycles. The summed E-state index contributed by atoms with van der Waals surface area (Å²) in [7, 11) is -1.11. The van der Waals surface area contributed by atoms with Crippen molar-refractivity contribution in [2.45, 2.75) is 37.3 Å². The molecule has 3 amide bonds. The summed E-state index contributed by atoms with van der Waals surface area (Å²) in [4.78, 5) is 27.8. The van der Waals surface area contributed by atoms with Crippen molar-refractivity contribution >= 4 is 68.1 Å². The van der Waals surface area contributed by atoms with Gasteiger partial charge < -0.3 is 30.1 Å². The lowest BCUT2D eigenvalue weighted by molar-refractivity contribution is -0.134. The first-order chi connectivity index (χ1) is 21.7. The van der Waals surface area contributed by atoms with Gasteiger partial charge in [0.05, 0.1) is 52.7 Å². The maximum absolute atomic E-state index is 13.5. The molecule has 0 saturated heterocycles. The summed E-state index contributed by atoms with van der Waals surface area (Å²) in [5.74, 6) is 0.0926. The van der Waals surface area contributed by atoms with Crippen LogP contribution in [0.3, 0.4) is 0 Å². The minimum atomic E-state index is -3.99. The van der Waals surface area contributed by atoms with Gasteiger partial charge in [-0.1, -0.05) is 41.7 Å². The number of carbonyl (C=O) groups is 2. The van der Waals surface area contributed by atoms with Gasteiger partial charge in [-0.15, -0.1) is 0 Å². The van der Waals surface area contributed by atoms with Gasteiger partial charge in [0.1, 0.15) is 17.6 Å². The van der Waals surface area contributed by atoms with E-state index in [-0.39, 0.29) is 52.9 Å². The van der Waals surface area contributed by atoms with E-state index in [9.17, 15) is 23.1 Å². The van der Waals surface area contributed by atoms with Gasteiger partial charge in [-0.2, -0.15) is 4.31 Å². The van der Waals surface area contributed by atoms with Crippen LogP contribution in [0, 0.1) is 5.92 Å². The number of aliphatic hydroxyl groups excluding tert-OH is 1. The number of likely N-dealkylation sites (N-methyl/N-ethyl adjacent to an activating group) is 1. The van der Waals surface area contributed by atoms with E-state index in [1.165, 1.54) is 42.7 Å². The Morgan fingerprint density at radius 3 is 2.37 bits per heavy atom. The van der Waals surface area contributed by atoms with Gasteiger partial charge >= 0.3 is 6.03 Å². The SMILES string of the molecule is COc1ccc(S(=O)(=O)N(C)C[C@@H]2Oc3ccc(NC(=O)Nc4ccc(Cl)c(Cl)c4)cc3CC(=O)N([C@@H](C)CO)C[C@@H]2C)cc1Cl. The predicted molar refractivity (Wildman–Crippen MR) is 179 cm³/mol.